The Morgan fingerprint density at radius 2 is 1.96 bits per heavy atom. The SMILES string of the molecule is O=C(C[C@H]1Sc2ccccc2NC1=O)OCCOc1ccc(Cl)cc1Cl. The summed E-state index contributed by atoms with van der Waals surface area (Å²) in [6.45, 7) is 0.216. The lowest BCUT2D eigenvalue weighted by Crippen LogP contribution is -2.31. The molecule has 0 aromatic heterocycles. The van der Waals surface area contributed by atoms with E-state index in [1.54, 1.807) is 18.2 Å². The fourth-order valence-electron chi connectivity index (χ4n) is 2.34. The lowest BCUT2D eigenvalue weighted by molar-refractivity contribution is -0.145. The number of ether oxygens (including phenoxy) is 2. The average Bonchev–Trinajstić information content (AvgIpc) is 2.61. The summed E-state index contributed by atoms with van der Waals surface area (Å²) in [5.41, 5.74) is 0.764. The van der Waals surface area contributed by atoms with Gasteiger partial charge in [-0.2, -0.15) is 0 Å². The Balaban J connectivity index is 1.44. The standard InChI is InChI=1S/C18H15Cl2NO4S/c19-11-5-6-14(12(20)9-11)24-7-8-25-17(22)10-16-18(23)21-13-3-1-2-4-15(13)26-16/h1-6,9,16H,7-8,10H2,(H,21,23)/t16-/m1/s1. The van der Waals surface area contributed by atoms with Gasteiger partial charge in [0.15, 0.2) is 0 Å². The highest BCUT2D eigenvalue weighted by atomic mass is 35.5. The van der Waals surface area contributed by atoms with E-state index in [4.69, 9.17) is 32.7 Å². The molecule has 1 aliphatic rings. The molecule has 1 aliphatic heterocycles. The zero-order valence-corrected chi connectivity index (χ0v) is 15.9. The van der Waals surface area contributed by atoms with E-state index < -0.39 is 11.2 Å². The first-order valence-electron chi connectivity index (χ1n) is 7.83. The van der Waals surface area contributed by atoms with E-state index in [0.717, 1.165) is 10.6 Å². The third kappa shape index (κ3) is 4.84. The van der Waals surface area contributed by atoms with Gasteiger partial charge < -0.3 is 14.8 Å². The predicted octanol–water partition coefficient (Wildman–Crippen LogP) is 4.42. The highest BCUT2D eigenvalue weighted by Crippen LogP contribution is 2.36. The molecule has 26 heavy (non-hydrogen) atoms. The molecule has 0 fully saturated rings. The molecular formula is C18H15Cl2NO4S. The minimum Gasteiger partial charge on any atom is -0.488 e. The fourth-order valence-corrected chi connectivity index (χ4v) is 3.89. The zero-order chi connectivity index (χ0) is 18.5. The molecule has 5 nitrogen and oxygen atoms in total. The number of fused-ring (bicyclic) bond motifs is 1. The number of amides is 1. The van der Waals surface area contributed by atoms with Crippen molar-refractivity contribution in [3.63, 3.8) is 0 Å². The van der Waals surface area contributed by atoms with E-state index in [9.17, 15) is 9.59 Å². The van der Waals surface area contributed by atoms with Crippen LogP contribution < -0.4 is 10.1 Å². The first-order chi connectivity index (χ1) is 12.5. The molecular weight excluding hydrogens is 397 g/mol. The molecule has 0 saturated heterocycles. The largest absolute Gasteiger partial charge is 0.488 e. The second kappa shape index (κ2) is 8.66. The van der Waals surface area contributed by atoms with Crippen LogP contribution in [-0.2, 0) is 14.3 Å². The molecule has 0 aliphatic carbocycles. The molecule has 1 atom stereocenters. The molecule has 1 amide bonds. The lowest BCUT2D eigenvalue weighted by atomic mass is 10.2. The molecule has 1 heterocycles. The van der Waals surface area contributed by atoms with Crippen molar-refractivity contribution in [3.05, 3.63) is 52.5 Å². The normalized spacial score (nSPS) is 15.8. The number of carbonyl (C=O) groups is 2. The summed E-state index contributed by atoms with van der Waals surface area (Å²) in [5.74, 6) is -0.191. The average molecular weight is 412 g/mol. The number of hydrogen-bond donors (Lipinski definition) is 1. The van der Waals surface area contributed by atoms with Crippen LogP contribution in [0.4, 0.5) is 5.69 Å². The summed E-state index contributed by atoms with van der Waals surface area (Å²) in [6, 6.07) is 12.3. The molecule has 0 saturated carbocycles. The Hall–Kier alpha value is -1.89. The maximum atomic E-state index is 12.1. The summed E-state index contributed by atoms with van der Waals surface area (Å²) in [7, 11) is 0. The number of thioether (sulfide) groups is 1. The highest BCUT2D eigenvalue weighted by molar-refractivity contribution is 8.01. The Morgan fingerprint density at radius 1 is 1.15 bits per heavy atom. The van der Waals surface area contributed by atoms with Gasteiger partial charge in [-0.3, -0.25) is 9.59 Å². The van der Waals surface area contributed by atoms with Gasteiger partial charge in [-0.1, -0.05) is 35.3 Å². The molecule has 3 rings (SSSR count). The molecule has 2 aromatic carbocycles. The van der Waals surface area contributed by atoms with E-state index in [2.05, 4.69) is 5.32 Å². The number of rotatable bonds is 6. The molecule has 0 unspecified atom stereocenters. The number of halogens is 2. The lowest BCUT2D eigenvalue weighted by Gasteiger charge is -2.23. The Labute approximate surface area is 165 Å². The monoisotopic (exact) mass is 411 g/mol. The van der Waals surface area contributed by atoms with Gasteiger partial charge in [0.2, 0.25) is 5.91 Å². The third-order valence-electron chi connectivity index (χ3n) is 3.56. The molecule has 136 valence electrons. The van der Waals surface area contributed by atoms with Crippen LogP contribution in [0.15, 0.2) is 47.4 Å². The molecule has 1 N–H and O–H groups in total. The molecule has 0 bridgehead atoms. The van der Waals surface area contributed by atoms with Crippen molar-refractivity contribution >= 4 is 52.5 Å². The quantitative estimate of drug-likeness (QED) is 0.562. The van der Waals surface area contributed by atoms with Crippen LogP contribution in [0.1, 0.15) is 6.42 Å². The van der Waals surface area contributed by atoms with Crippen molar-refractivity contribution in [2.45, 2.75) is 16.6 Å². The van der Waals surface area contributed by atoms with Gasteiger partial charge in [-0.15, -0.1) is 11.8 Å². The minimum absolute atomic E-state index is 0.00741. The number of hydrogen-bond acceptors (Lipinski definition) is 5. The van der Waals surface area contributed by atoms with Crippen LogP contribution in [0.3, 0.4) is 0 Å². The number of para-hydroxylation sites is 1. The maximum absolute atomic E-state index is 12.1. The first-order valence-corrected chi connectivity index (χ1v) is 9.46. The van der Waals surface area contributed by atoms with Crippen LogP contribution in [0, 0.1) is 0 Å². The maximum Gasteiger partial charge on any atom is 0.307 e. The second-order valence-corrected chi connectivity index (χ2v) is 7.53. The van der Waals surface area contributed by atoms with Gasteiger partial charge in [0, 0.05) is 9.92 Å². The minimum atomic E-state index is -0.510. The number of esters is 1. The Kier molecular flexibility index (Phi) is 6.29. The third-order valence-corrected chi connectivity index (χ3v) is 5.36. The van der Waals surface area contributed by atoms with Crippen LogP contribution in [0.25, 0.3) is 0 Å². The summed E-state index contributed by atoms with van der Waals surface area (Å²) in [5, 5.41) is 3.19. The van der Waals surface area contributed by atoms with Gasteiger partial charge in [-0.25, -0.2) is 0 Å². The topological polar surface area (TPSA) is 64.6 Å². The summed E-state index contributed by atoms with van der Waals surface area (Å²) < 4.78 is 10.6. The Morgan fingerprint density at radius 3 is 2.77 bits per heavy atom. The van der Waals surface area contributed by atoms with Gasteiger partial charge in [0.05, 0.1) is 22.4 Å². The van der Waals surface area contributed by atoms with Crippen LogP contribution in [0.5, 0.6) is 5.75 Å². The smallest absolute Gasteiger partial charge is 0.307 e. The van der Waals surface area contributed by atoms with Crippen molar-refractivity contribution < 1.29 is 19.1 Å². The number of nitrogens with one attached hydrogen (secondary N) is 1. The van der Waals surface area contributed by atoms with Crippen LogP contribution in [-0.4, -0.2) is 30.3 Å². The van der Waals surface area contributed by atoms with E-state index in [1.807, 2.05) is 24.3 Å². The van der Waals surface area contributed by atoms with Gasteiger partial charge in [0.1, 0.15) is 19.0 Å². The zero-order valence-electron chi connectivity index (χ0n) is 13.5. The van der Waals surface area contributed by atoms with Gasteiger partial charge in [0.25, 0.3) is 0 Å². The van der Waals surface area contributed by atoms with Crippen molar-refractivity contribution in [1.29, 1.82) is 0 Å². The van der Waals surface area contributed by atoms with E-state index in [-0.39, 0.29) is 25.5 Å². The molecule has 0 spiro atoms. The summed E-state index contributed by atoms with van der Waals surface area (Å²) in [4.78, 5) is 25.0. The van der Waals surface area contributed by atoms with Gasteiger partial charge in [-0.05, 0) is 30.3 Å². The second-order valence-electron chi connectivity index (χ2n) is 5.44. The number of carbonyl (C=O) groups excluding carboxylic acids is 2. The predicted molar refractivity (Wildman–Crippen MR) is 102 cm³/mol. The van der Waals surface area contributed by atoms with Crippen molar-refractivity contribution in [3.8, 4) is 5.75 Å². The summed E-state index contributed by atoms with van der Waals surface area (Å²) in [6.07, 6.45) is -0.00741. The molecule has 8 heteroatoms. The number of anilines is 1. The van der Waals surface area contributed by atoms with Crippen LogP contribution in [0.2, 0.25) is 10.0 Å². The van der Waals surface area contributed by atoms with Crippen molar-refractivity contribution in [2.75, 3.05) is 18.5 Å². The Bertz CT molecular complexity index is 831. The van der Waals surface area contributed by atoms with Gasteiger partial charge >= 0.3 is 5.97 Å². The number of benzene rings is 2. The summed E-state index contributed by atoms with van der Waals surface area (Å²) >= 11 is 13.2. The molecule has 0 radical (unpaired) electrons. The van der Waals surface area contributed by atoms with Crippen molar-refractivity contribution in [2.24, 2.45) is 0 Å². The van der Waals surface area contributed by atoms with E-state index in [1.165, 1.54) is 11.8 Å². The van der Waals surface area contributed by atoms with E-state index in [0.29, 0.717) is 15.8 Å². The van der Waals surface area contributed by atoms with Crippen LogP contribution >= 0.6 is 35.0 Å². The van der Waals surface area contributed by atoms with Crippen molar-refractivity contribution in [1.82, 2.24) is 0 Å². The van der Waals surface area contributed by atoms with E-state index >= 15 is 0 Å². The highest BCUT2D eigenvalue weighted by Gasteiger charge is 2.29. The fraction of sp³-hybridized carbons (Fsp3) is 0.222. The first kappa shape index (κ1) is 18.9. The molecule has 2 aromatic rings.